The number of anilines is 1. The first-order valence-electron chi connectivity index (χ1n) is 5.47. The fourth-order valence-electron chi connectivity index (χ4n) is 1.38. The van der Waals surface area contributed by atoms with Crippen molar-refractivity contribution >= 4 is 11.5 Å². The number of nitrogens with two attached hydrogens (primary N) is 1. The summed E-state index contributed by atoms with van der Waals surface area (Å²) in [6, 6.07) is 8.24. The summed E-state index contributed by atoms with van der Waals surface area (Å²) in [6.45, 7) is 4.69. The van der Waals surface area contributed by atoms with Crippen molar-refractivity contribution in [3.63, 3.8) is 0 Å². The van der Waals surface area contributed by atoms with Crippen LogP contribution in [-0.2, 0) is 6.42 Å². The Kier molecular flexibility index (Phi) is 4.64. The van der Waals surface area contributed by atoms with Crippen molar-refractivity contribution in [3.05, 3.63) is 29.8 Å². The molecule has 0 fully saturated rings. The molecule has 1 atom stereocenters. The lowest BCUT2D eigenvalue weighted by molar-refractivity contribution is 0.315. The van der Waals surface area contributed by atoms with Crippen molar-refractivity contribution in [1.82, 2.24) is 0 Å². The quantitative estimate of drug-likeness (QED) is 0.308. The van der Waals surface area contributed by atoms with Crippen LogP contribution in [0.1, 0.15) is 19.4 Å². The molecule has 0 bridgehead atoms. The largest absolute Gasteiger partial charge is 0.409 e. The van der Waals surface area contributed by atoms with E-state index in [-0.39, 0.29) is 11.8 Å². The maximum Gasteiger partial charge on any atom is 0.143 e. The highest BCUT2D eigenvalue weighted by Crippen LogP contribution is 2.11. The van der Waals surface area contributed by atoms with E-state index in [1.165, 1.54) is 5.56 Å². The van der Waals surface area contributed by atoms with Crippen molar-refractivity contribution in [2.75, 3.05) is 11.9 Å². The topological polar surface area (TPSA) is 70.6 Å². The van der Waals surface area contributed by atoms with Gasteiger partial charge in [-0.15, -0.1) is 0 Å². The van der Waals surface area contributed by atoms with E-state index in [1.54, 1.807) is 0 Å². The lowest BCUT2D eigenvalue weighted by atomic mass is 10.1. The van der Waals surface area contributed by atoms with E-state index in [1.807, 2.05) is 19.1 Å². The van der Waals surface area contributed by atoms with Gasteiger partial charge in [0.2, 0.25) is 0 Å². The highest BCUT2D eigenvalue weighted by atomic mass is 16.4. The molecule has 0 heterocycles. The fraction of sp³-hybridized carbons (Fsp3) is 0.417. The number of nitrogens with zero attached hydrogens (tertiary/aromatic N) is 1. The second-order valence-electron chi connectivity index (χ2n) is 3.86. The zero-order valence-corrected chi connectivity index (χ0v) is 9.77. The minimum absolute atomic E-state index is 0.00952. The predicted molar refractivity (Wildman–Crippen MR) is 66.9 cm³/mol. The zero-order chi connectivity index (χ0) is 12.0. The van der Waals surface area contributed by atoms with Gasteiger partial charge in [0.15, 0.2) is 0 Å². The summed E-state index contributed by atoms with van der Waals surface area (Å²) in [5.41, 5.74) is 7.86. The van der Waals surface area contributed by atoms with Crippen LogP contribution in [0.3, 0.4) is 0 Å². The van der Waals surface area contributed by atoms with E-state index < -0.39 is 0 Å². The number of rotatable bonds is 5. The summed E-state index contributed by atoms with van der Waals surface area (Å²) in [4.78, 5) is 0. The van der Waals surface area contributed by atoms with Crippen molar-refractivity contribution in [1.29, 1.82) is 0 Å². The Morgan fingerprint density at radius 2 is 2.31 bits per heavy atom. The second kappa shape index (κ2) is 6.00. The molecule has 1 aromatic carbocycles. The molecule has 0 aromatic heterocycles. The lowest BCUT2D eigenvalue weighted by Crippen LogP contribution is -2.27. The molecular formula is C12H19N3O. The van der Waals surface area contributed by atoms with Gasteiger partial charge < -0.3 is 16.3 Å². The SMILES string of the molecule is CCc1cccc(NCC(C)C(N)=NO)c1. The predicted octanol–water partition coefficient (Wildman–Crippen LogP) is 2.04. The van der Waals surface area contributed by atoms with Gasteiger partial charge in [-0.2, -0.15) is 0 Å². The van der Waals surface area contributed by atoms with Crippen LogP contribution in [0.5, 0.6) is 0 Å². The summed E-state index contributed by atoms with van der Waals surface area (Å²) in [6.07, 6.45) is 1.02. The molecule has 0 saturated carbocycles. The molecule has 1 unspecified atom stereocenters. The van der Waals surface area contributed by atoms with Gasteiger partial charge >= 0.3 is 0 Å². The van der Waals surface area contributed by atoms with Crippen LogP contribution in [0.4, 0.5) is 5.69 Å². The van der Waals surface area contributed by atoms with Crippen LogP contribution in [0.15, 0.2) is 29.4 Å². The third kappa shape index (κ3) is 3.46. The maximum absolute atomic E-state index is 8.52. The molecule has 16 heavy (non-hydrogen) atoms. The van der Waals surface area contributed by atoms with E-state index in [4.69, 9.17) is 10.9 Å². The second-order valence-corrected chi connectivity index (χ2v) is 3.86. The van der Waals surface area contributed by atoms with E-state index in [9.17, 15) is 0 Å². The molecule has 4 N–H and O–H groups in total. The van der Waals surface area contributed by atoms with Gasteiger partial charge in [0.1, 0.15) is 5.84 Å². The lowest BCUT2D eigenvalue weighted by Gasteiger charge is -2.12. The molecule has 1 aromatic rings. The van der Waals surface area contributed by atoms with Gasteiger partial charge in [0.05, 0.1) is 0 Å². The smallest absolute Gasteiger partial charge is 0.143 e. The van der Waals surface area contributed by atoms with Gasteiger partial charge in [-0.05, 0) is 24.1 Å². The van der Waals surface area contributed by atoms with E-state index in [0.717, 1.165) is 12.1 Å². The number of nitrogens with one attached hydrogen (secondary N) is 1. The van der Waals surface area contributed by atoms with Crippen molar-refractivity contribution in [2.45, 2.75) is 20.3 Å². The van der Waals surface area contributed by atoms with Gasteiger partial charge in [0, 0.05) is 18.2 Å². The van der Waals surface area contributed by atoms with Crippen LogP contribution in [0.25, 0.3) is 0 Å². The Morgan fingerprint density at radius 3 is 2.94 bits per heavy atom. The first-order valence-corrected chi connectivity index (χ1v) is 5.47. The van der Waals surface area contributed by atoms with Gasteiger partial charge in [-0.1, -0.05) is 31.1 Å². The Bertz CT molecular complexity index is 363. The molecule has 1 rings (SSSR count). The van der Waals surface area contributed by atoms with Crippen molar-refractivity contribution < 1.29 is 5.21 Å². The Labute approximate surface area is 96.2 Å². The highest BCUT2D eigenvalue weighted by molar-refractivity contribution is 5.82. The molecule has 88 valence electrons. The summed E-state index contributed by atoms with van der Waals surface area (Å²) < 4.78 is 0. The number of aryl methyl sites for hydroxylation is 1. The molecule has 0 radical (unpaired) electrons. The average molecular weight is 221 g/mol. The first-order chi connectivity index (χ1) is 7.67. The first kappa shape index (κ1) is 12.4. The average Bonchev–Trinajstić information content (AvgIpc) is 2.35. The van der Waals surface area contributed by atoms with Crippen LogP contribution in [-0.4, -0.2) is 17.6 Å². The standard InChI is InChI=1S/C12H19N3O/c1-3-10-5-4-6-11(7-10)14-8-9(2)12(13)15-16/h4-7,9,14,16H,3,8H2,1-2H3,(H2,13,15). The molecule has 0 amide bonds. The number of hydrogen-bond donors (Lipinski definition) is 3. The molecule has 0 spiro atoms. The van der Waals surface area contributed by atoms with Gasteiger partial charge in [0.25, 0.3) is 0 Å². The van der Waals surface area contributed by atoms with Crippen LogP contribution < -0.4 is 11.1 Å². The van der Waals surface area contributed by atoms with E-state index in [0.29, 0.717) is 6.54 Å². The molecule has 0 saturated heterocycles. The summed E-state index contributed by atoms with van der Waals surface area (Å²) in [5.74, 6) is 0.259. The molecule has 4 heteroatoms. The molecule has 0 aliphatic rings. The molecule has 0 aliphatic carbocycles. The Hall–Kier alpha value is -1.71. The third-order valence-corrected chi connectivity index (χ3v) is 2.57. The zero-order valence-electron chi connectivity index (χ0n) is 9.77. The van der Waals surface area contributed by atoms with Crippen LogP contribution in [0.2, 0.25) is 0 Å². The molecular weight excluding hydrogens is 202 g/mol. The summed E-state index contributed by atoms with van der Waals surface area (Å²) in [5, 5.41) is 14.8. The van der Waals surface area contributed by atoms with Crippen molar-refractivity contribution in [2.24, 2.45) is 16.8 Å². The van der Waals surface area contributed by atoms with Crippen LogP contribution in [0, 0.1) is 5.92 Å². The Balaban J connectivity index is 2.54. The fourth-order valence-corrected chi connectivity index (χ4v) is 1.38. The number of hydrogen-bond acceptors (Lipinski definition) is 3. The van der Waals surface area contributed by atoms with Crippen molar-refractivity contribution in [3.8, 4) is 0 Å². The molecule has 0 aliphatic heterocycles. The van der Waals surface area contributed by atoms with Crippen LogP contribution >= 0.6 is 0 Å². The minimum Gasteiger partial charge on any atom is -0.409 e. The molecule has 4 nitrogen and oxygen atoms in total. The minimum atomic E-state index is 0.00952. The van der Waals surface area contributed by atoms with E-state index >= 15 is 0 Å². The summed E-state index contributed by atoms with van der Waals surface area (Å²) >= 11 is 0. The summed E-state index contributed by atoms with van der Waals surface area (Å²) in [7, 11) is 0. The maximum atomic E-state index is 8.52. The highest BCUT2D eigenvalue weighted by Gasteiger charge is 2.06. The van der Waals surface area contributed by atoms with Gasteiger partial charge in [-0.25, -0.2) is 0 Å². The number of benzene rings is 1. The third-order valence-electron chi connectivity index (χ3n) is 2.57. The Morgan fingerprint density at radius 1 is 1.56 bits per heavy atom. The van der Waals surface area contributed by atoms with Gasteiger partial charge in [-0.3, -0.25) is 0 Å². The number of oxime groups is 1. The number of amidine groups is 1. The normalized spacial score (nSPS) is 13.5. The monoisotopic (exact) mass is 221 g/mol. The van der Waals surface area contributed by atoms with E-state index in [2.05, 4.69) is 29.5 Å².